The SMILES string of the molecule is CCC(C)(C)C(=O)C(=O)N1CCCCC1C(C)=O. The summed E-state index contributed by atoms with van der Waals surface area (Å²) in [6.07, 6.45) is 3.12. The molecule has 1 saturated heterocycles. The molecular weight excluding hydrogens is 230 g/mol. The van der Waals surface area contributed by atoms with Gasteiger partial charge in [-0.25, -0.2) is 0 Å². The Labute approximate surface area is 109 Å². The van der Waals surface area contributed by atoms with E-state index in [1.807, 2.05) is 6.92 Å². The van der Waals surface area contributed by atoms with Gasteiger partial charge in [-0.1, -0.05) is 20.8 Å². The van der Waals surface area contributed by atoms with Crippen LogP contribution in [0.15, 0.2) is 0 Å². The van der Waals surface area contributed by atoms with E-state index in [4.69, 9.17) is 0 Å². The van der Waals surface area contributed by atoms with Crippen molar-refractivity contribution in [1.29, 1.82) is 0 Å². The van der Waals surface area contributed by atoms with Crippen molar-refractivity contribution in [2.75, 3.05) is 6.54 Å². The number of amides is 1. The topological polar surface area (TPSA) is 54.5 Å². The fourth-order valence-electron chi connectivity index (χ4n) is 2.18. The van der Waals surface area contributed by atoms with Gasteiger partial charge < -0.3 is 4.90 Å². The zero-order valence-electron chi connectivity index (χ0n) is 11.8. The van der Waals surface area contributed by atoms with E-state index < -0.39 is 17.4 Å². The Kier molecular flexibility index (Phi) is 4.65. The summed E-state index contributed by atoms with van der Waals surface area (Å²) in [5.41, 5.74) is -0.643. The molecule has 1 heterocycles. The predicted molar refractivity (Wildman–Crippen MR) is 69.1 cm³/mol. The van der Waals surface area contributed by atoms with Crippen LogP contribution >= 0.6 is 0 Å². The molecule has 1 unspecified atom stereocenters. The van der Waals surface area contributed by atoms with Crippen molar-refractivity contribution >= 4 is 17.5 Å². The van der Waals surface area contributed by atoms with Gasteiger partial charge in [-0.2, -0.15) is 0 Å². The molecule has 1 fully saturated rings. The third-order valence-electron chi connectivity index (χ3n) is 3.93. The molecule has 1 aliphatic rings. The second-order valence-corrected chi connectivity index (χ2v) is 5.69. The molecule has 0 aromatic carbocycles. The van der Waals surface area contributed by atoms with Gasteiger partial charge in [0.1, 0.15) is 0 Å². The highest BCUT2D eigenvalue weighted by molar-refractivity contribution is 6.38. The van der Waals surface area contributed by atoms with Gasteiger partial charge in [0.25, 0.3) is 5.91 Å². The molecule has 1 atom stereocenters. The van der Waals surface area contributed by atoms with E-state index in [0.29, 0.717) is 19.4 Å². The van der Waals surface area contributed by atoms with E-state index >= 15 is 0 Å². The van der Waals surface area contributed by atoms with Crippen LogP contribution in [0.1, 0.15) is 53.4 Å². The van der Waals surface area contributed by atoms with E-state index in [-0.39, 0.29) is 11.6 Å². The molecule has 0 aromatic rings. The highest BCUT2D eigenvalue weighted by Gasteiger charge is 2.38. The van der Waals surface area contributed by atoms with Crippen LogP contribution in [0.3, 0.4) is 0 Å². The van der Waals surface area contributed by atoms with Crippen LogP contribution in [-0.2, 0) is 14.4 Å². The number of carbonyl (C=O) groups excluding carboxylic acids is 3. The molecule has 0 N–H and O–H groups in total. The van der Waals surface area contributed by atoms with E-state index in [2.05, 4.69) is 0 Å². The first-order valence-electron chi connectivity index (χ1n) is 6.67. The summed E-state index contributed by atoms with van der Waals surface area (Å²) >= 11 is 0. The maximum absolute atomic E-state index is 12.2. The van der Waals surface area contributed by atoms with Crippen LogP contribution in [0, 0.1) is 5.41 Å². The monoisotopic (exact) mass is 253 g/mol. The third kappa shape index (κ3) is 2.98. The maximum Gasteiger partial charge on any atom is 0.291 e. The molecule has 0 aliphatic carbocycles. The molecule has 102 valence electrons. The first-order valence-corrected chi connectivity index (χ1v) is 6.67. The Morgan fingerprint density at radius 2 is 1.83 bits per heavy atom. The average molecular weight is 253 g/mol. The Morgan fingerprint density at radius 3 is 2.33 bits per heavy atom. The number of rotatable bonds is 4. The van der Waals surface area contributed by atoms with Gasteiger partial charge >= 0.3 is 0 Å². The number of Topliss-reactive ketones (excluding diaryl/α,β-unsaturated/α-hetero) is 2. The van der Waals surface area contributed by atoms with E-state index in [1.54, 1.807) is 13.8 Å². The van der Waals surface area contributed by atoms with Gasteiger partial charge in [-0.3, -0.25) is 14.4 Å². The summed E-state index contributed by atoms with van der Waals surface area (Å²) in [4.78, 5) is 37.4. The van der Waals surface area contributed by atoms with Gasteiger partial charge in [0.05, 0.1) is 6.04 Å². The second-order valence-electron chi connectivity index (χ2n) is 5.69. The van der Waals surface area contributed by atoms with E-state index in [0.717, 1.165) is 12.8 Å². The number of piperidine rings is 1. The summed E-state index contributed by atoms with van der Waals surface area (Å²) in [6.45, 7) is 7.46. The van der Waals surface area contributed by atoms with Crippen molar-refractivity contribution in [3.63, 3.8) is 0 Å². The van der Waals surface area contributed by atoms with Gasteiger partial charge in [0, 0.05) is 12.0 Å². The molecule has 0 saturated carbocycles. The fourth-order valence-corrected chi connectivity index (χ4v) is 2.18. The van der Waals surface area contributed by atoms with Gasteiger partial charge in [-0.15, -0.1) is 0 Å². The van der Waals surface area contributed by atoms with Gasteiger partial charge in [0.15, 0.2) is 5.78 Å². The fraction of sp³-hybridized carbons (Fsp3) is 0.786. The molecule has 1 rings (SSSR count). The summed E-state index contributed by atoms with van der Waals surface area (Å²) in [7, 11) is 0. The number of ketones is 2. The normalized spacial score (nSPS) is 20.7. The smallest absolute Gasteiger partial charge is 0.291 e. The number of hydrogen-bond acceptors (Lipinski definition) is 3. The number of likely N-dealkylation sites (tertiary alicyclic amines) is 1. The number of nitrogens with zero attached hydrogens (tertiary/aromatic N) is 1. The minimum atomic E-state index is -0.643. The molecule has 0 spiro atoms. The van der Waals surface area contributed by atoms with Crippen molar-refractivity contribution in [3.8, 4) is 0 Å². The minimum absolute atomic E-state index is 0.0230. The lowest BCUT2D eigenvalue weighted by atomic mass is 9.84. The predicted octanol–water partition coefficient (Wildman–Crippen LogP) is 1.96. The van der Waals surface area contributed by atoms with Crippen LogP contribution in [0.25, 0.3) is 0 Å². The lowest BCUT2D eigenvalue weighted by molar-refractivity contribution is -0.153. The molecule has 0 bridgehead atoms. The van der Waals surface area contributed by atoms with Crippen molar-refractivity contribution in [2.24, 2.45) is 5.41 Å². The molecule has 1 amide bonds. The van der Waals surface area contributed by atoms with Gasteiger partial charge in [0.2, 0.25) is 5.78 Å². The zero-order chi connectivity index (χ0) is 13.9. The first-order chi connectivity index (χ1) is 8.31. The third-order valence-corrected chi connectivity index (χ3v) is 3.93. The van der Waals surface area contributed by atoms with Crippen LogP contribution < -0.4 is 0 Å². The van der Waals surface area contributed by atoms with Crippen LogP contribution in [0.4, 0.5) is 0 Å². The minimum Gasteiger partial charge on any atom is -0.326 e. The number of hydrogen-bond donors (Lipinski definition) is 0. The molecular formula is C14H23NO3. The highest BCUT2D eigenvalue weighted by Crippen LogP contribution is 2.25. The Bertz CT molecular complexity index is 360. The van der Waals surface area contributed by atoms with Crippen molar-refractivity contribution in [1.82, 2.24) is 4.90 Å². The zero-order valence-corrected chi connectivity index (χ0v) is 11.8. The maximum atomic E-state index is 12.2. The first kappa shape index (κ1) is 14.9. The Hall–Kier alpha value is -1.19. The molecule has 18 heavy (non-hydrogen) atoms. The van der Waals surface area contributed by atoms with Crippen molar-refractivity contribution < 1.29 is 14.4 Å². The lowest BCUT2D eigenvalue weighted by Crippen LogP contribution is -2.52. The quantitative estimate of drug-likeness (QED) is 0.720. The van der Waals surface area contributed by atoms with Crippen LogP contribution in [0.5, 0.6) is 0 Å². The summed E-state index contributed by atoms with van der Waals surface area (Å²) < 4.78 is 0. The van der Waals surface area contributed by atoms with Crippen LogP contribution in [-0.4, -0.2) is 35.0 Å². The molecule has 0 radical (unpaired) electrons. The molecule has 4 nitrogen and oxygen atoms in total. The average Bonchev–Trinajstić information content (AvgIpc) is 2.36. The highest BCUT2D eigenvalue weighted by atomic mass is 16.2. The largest absolute Gasteiger partial charge is 0.326 e. The summed E-state index contributed by atoms with van der Waals surface area (Å²) in [5, 5.41) is 0. The summed E-state index contributed by atoms with van der Waals surface area (Å²) in [5.74, 6) is -0.884. The Balaban J connectivity index is 2.87. The molecule has 4 heteroatoms. The molecule has 0 aromatic heterocycles. The van der Waals surface area contributed by atoms with Crippen molar-refractivity contribution in [2.45, 2.75) is 59.4 Å². The lowest BCUT2D eigenvalue weighted by Gasteiger charge is -2.35. The van der Waals surface area contributed by atoms with Crippen LogP contribution in [0.2, 0.25) is 0 Å². The summed E-state index contributed by atoms with van der Waals surface area (Å²) in [6, 6.07) is -0.400. The Morgan fingerprint density at radius 1 is 1.22 bits per heavy atom. The van der Waals surface area contributed by atoms with Gasteiger partial charge in [-0.05, 0) is 32.6 Å². The number of carbonyl (C=O) groups is 3. The van der Waals surface area contributed by atoms with E-state index in [9.17, 15) is 14.4 Å². The van der Waals surface area contributed by atoms with Crippen molar-refractivity contribution in [3.05, 3.63) is 0 Å². The standard InChI is InChI=1S/C14H23NO3/c1-5-14(3,4)12(17)13(18)15-9-7-6-8-11(15)10(2)16/h11H,5-9H2,1-4H3. The van der Waals surface area contributed by atoms with E-state index in [1.165, 1.54) is 11.8 Å². The molecule has 1 aliphatic heterocycles. The second kappa shape index (κ2) is 5.63.